The molecule has 2 aliphatic rings. The van der Waals surface area contributed by atoms with Crippen LogP contribution in [0.2, 0.25) is 0 Å². The molecule has 2 unspecified atom stereocenters. The summed E-state index contributed by atoms with van der Waals surface area (Å²) in [4.78, 5) is 12.5. The molecule has 2 N–H and O–H groups in total. The van der Waals surface area contributed by atoms with Crippen molar-refractivity contribution in [2.45, 2.75) is 12.8 Å². The molecule has 0 saturated carbocycles. The molecular formula is C18H19N3O. The highest BCUT2D eigenvalue weighted by molar-refractivity contribution is 6.29. The van der Waals surface area contributed by atoms with E-state index in [-0.39, 0.29) is 17.7 Å². The second-order valence-corrected chi connectivity index (χ2v) is 5.54. The van der Waals surface area contributed by atoms with E-state index >= 15 is 0 Å². The van der Waals surface area contributed by atoms with Crippen LogP contribution in [0.25, 0.3) is 0 Å². The number of rotatable bonds is 3. The van der Waals surface area contributed by atoms with E-state index in [1.54, 1.807) is 0 Å². The lowest BCUT2D eigenvalue weighted by Gasteiger charge is -2.18. The van der Waals surface area contributed by atoms with Crippen LogP contribution in [0.5, 0.6) is 0 Å². The summed E-state index contributed by atoms with van der Waals surface area (Å²) in [5.74, 6) is 0.774. The molecule has 112 valence electrons. The molecule has 1 aromatic rings. The molecule has 4 heteroatoms. The van der Waals surface area contributed by atoms with Crippen molar-refractivity contribution >= 4 is 17.4 Å². The zero-order chi connectivity index (χ0) is 15.5. The van der Waals surface area contributed by atoms with Gasteiger partial charge in [-0.1, -0.05) is 42.5 Å². The lowest BCUT2D eigenvalue weighted by Crippen LogP contribution is -2.23. The maximum Gasteiger partial charge on any atom is 0.282 e. The van der Waals surface area contributed by atoms with Gasteiger partial charge in [0, 0.05) is 0 Å². The molecule has 0 saturated heterocycles. The third-order valence-electron chi connectivity index (χ3n) is 4.03. The minimum Gasteiger partial charge on any atom is -0.382 e. The Bertz CT molecular complexity index is 673. The van der Waals surface area contributed by atoms with Crippen molar-refractivity contribution in [3.8, 4) is 0 Å². The highest BCUT2D eigenvalue weighted by atomic mass is 16.2. The Morgan fingerprint density at radius 2 is 1.86 bits per heavy atom. The summed E-state index contributed by atoms with van der Waals surface area (Å²) in [7, 11) is 0. The number of hydrazone groups is 1. The number of nitrogens with zero attached hydrogens (tertiary/aromatic N) is 2. The number of carbonyl (C=O) groups is 1. The van der Waals surface area contributed by atoms with Crippen LogP contribution in [0.4, 0.5) is 5.69 Å². The van der Waals surface area contributed by atoms with E-state index in [4.69, 9.17) is 5.73 Å². The molecule has 0 fully saturated rings. The summed E-state index contributed by atoms with van der Waals surface area (Å²) in [6.45, 7) is 3.81. The number of amidine groups is 1. The van der Waals surface area contributed by atoms with Crippen molar-refractivity contribution in [1.82, 2.24) is 0 Å². The molecular weight excluding hydrogens is 274 g/mol. The zero-order valence-electron chi connectivity index (χ0n) is 12.4. The molecule has 0 aromatic heterocycles. The lowest BCUT2D eigenvalue weighted by molar-refractivity contribution is -0.114. The summed E-state index contributed by atoms with van der Waals surface area (Å²) in [6.07, 6.45) is 10.2. The number of carbonyl (C=O) groups excluding carboxylic acids is 1. The molecule has 2 atom stereocenters. The monoisotopic (exact) mass is 293 g/mol. The predicted molar refractivity (Wildman–Crippen MR) is 89.2 cm³/mol. The van der Waals surface area contributed by atoms with Gasteiger partial charge in [-0.25, -0.2) is 0 Å². The van der Waals surface area contributed by atoms with E-state index < -0.39 is 0 Å². The Morgan fingerprint density at radius 1 is 1.18 bits per heavy atom. The van der Waals surface area contributed by atoms with Crippen molar-refractivity contribution in [3.05, 3.63) is 66.8 Å². The fourth-order valence-electron chi connectivity index (χ4n) is 2.74. The quantitative estimate of drug-likeness (QED) is 0.688. The van der Waals surface area contributed by atoms with Gasteiger partial charge in [0.25, 0.3) is 5.91 Å². The van der Waals surface area contributed by atoms with Crippen molar-refractivity contribution < 1.29 is 4.79 Å². The maximum atomic E-state index is 12.5. The van der Waals surface area contributed by atoms with Gasteiger partial charge in [-0.2, -0.15) is 5.01 Å². The Balaban J connectivity index is 1.82. The molecule has 1 aromatic carbocycles. The van der Waals surface area contributed by atoms with Crippen molar-refractivity contribution in [3.63, 3.8) is 0 Å². The second-order valence-electron chi connectivity index (χ2n) is 5.54. The van der Waals surface area contributed by atoms with Crippen LogP contribution in [0.15, 0.2) is 71.9 Å². The number of hydrogen-bond donors (Lipinski definition) is 1. The topological polar surface area (TPSA) is 58.7 Å². The lowest BCUT2D eigenvalue weighted by atomic mass is 9.87. The van der Waals surface area contributed by atoms with E-state index in [0.29, 0.717) is 11.5 Å². The number of para-hydroxylation sites is 1. The van der Waals surface area contributed by atoms with Gasteiger partial charge in [0.15, 0.2) is 5.84 Å². The van der Waals surface area contributed by atoms with Gasteiger partial charge in [0.2, 0.25) is 0 Å². The third-order valence-corrected chi connectivity index (χ3v) is 4.03. The summed E-state index contributed by atoms with van der Waals surface area (Å²) in [6, 6.07) is 9.32. The van der Waals surface area contributed by atoms with Crippen LogP contribution in [0, 0.1) is 11.8 Å². The minimum atomic E-state index is -0.164. The normalized spacial score (nSPS) is 26.4. The summed E-state index contributed by atoms with van der Waals surface area (Å²) >= 11 is 0. The third kappa shape index (κ3) is 2.72. The number of anilines is 1. The van der Waals surface area contributed by atoms with Crippen molar-refractivity contribution in [1.29, 1.82) is 0 Å². The number of allylic oxidation sites excluding steroid dienone is 4. The highest BCUT2D eigenvalue weighted by Crippen LogP contribution is 2.27. The number of hydrogen-bond acceptors (Lipinski definition) is 3. The van der Waals surface area contributed by atoms with Gasteiger partial charge < -0.3 is 5.73 Å². The summed E-state index contributed by atoms with van der Waals surface area (Å²) in [5.41, 5.74) is 7.17. The van der Waals surface area contributed by atoms with Gasteiger partial charge in [-0.05, 0) is 36.8 Å². The van der Waals surface area contributed by atoms with Crippen LogP contribution < -0.4 is 10.7 Å². The van der Waals surface area contributed by atoms with Crippen LogP contribution in [-0.2, 0) is 4.79 Å². The fourth-order valence-corrected chi connectivity index (χ4v) is 2.74. The standard InChI is InChI=1S/C18H19N3O/c1-2-13-8-10-14(11-9-13)12-16-17(19)20-21(18(16)22)15-6-4-3-5-7-15/h2-8,10,12-14H,1,9,11H2,(H2,19,20)/b16-12+. The number of amides is 1. The average Bonchev–Trinajstić information content (AvgIpc) is 2.84. The van der Waals surface area contributed by atoms with Gasteiger partial charge in [0.1, 0.15) is 0 Å². The van der Waals surface area contributed by atoms with E-state index in [0.717, 1.165) is 18.5 Å². The molecule has 22 heavy (non-hydrogen) atoms. The van der Waals surface area contributed by atoms with E-state index in [2.05, 4.69) is 23.8 Å². The average molecular weight is 293 g/mol. The molecule has 0 bridgehead atoms. The Labute approximate surface area is 130 Å². The molecule has 1 aliphatic carbocycles. The van der Waals surface area contributed by atoms with Gasteiger partial charge in [0.05, 0.1) is 11.3 Å². The van der Waals surface area contributed by atoms with Crippen LogP contribution in [0.3, 0.4) is 0 Å². The van der Waals surface area contributed by atoms with Crippen LogP contribution >= 0.6 is 0 Å². The number of benzene rings is 1. The van der Waals surface area contributed by atoms with Crippen molar-refractivity contribution in [2.24, 2.45) is 22.7 Å². The first-order chi connectivity index (χ1) is 10.7. The van der Waals surface area contributed by atoms with Gasteiger partial charge in [-0.3, -0.25) is 4.79 Å². The Kier molecular flexibility index (Phi) is 3.92. The fraction of sp³-hybridized carbons (Fsp3) is 0.222. The summed E-state index contributed by atoms with van der Waals surface area (Å²) < 4.78 is 0. The first-order valence-corrected chi connectivity index (χ1v) is 7.45. The number of nitrogens with two attached hydrogens (primary N) is 1. The zero-order valence-corrected chi connectivity index (χ0v) is 12.4. The molecule has 1 heterocycles. The van der Waals surface area contributed by atoms with Gasteiger partial charge >= 0.3 is 0 Å². The maximum absolute atomic E-state index is 12.5. The van der Waals surface area contributed by atoms with Crippen molar-refractivity contribution in [2.75, 3.05) is 5.01 Å². The molecule has 1 aliphatic heterocycles. The first kappa shape index (κ1) is 14.3. The van der Waals surface area contributed by atoms with E-state index in [1.807, 2.05) is 42.5 Å². The highest BCUT2D eigenvalue weighted by Gasteiger charge is 2.30. The van der Waals surface area contributed by atoms with Crippen LogP contribution in [-0.4, -0.2) is 11.7 Å². The summed E-state index contributed by atoms with van der Waals surface area (Å²) in [5, 5.41) is 5.55. The molecule has 0 spiro atoms. The van der Waals surface area contributed by atoms with E-state index in [9.17, 15) is 4.79 Å². The minimum absolute atomic E-state index is 0.164. The Hall–Kier alpha value is -2.62. The molecule has 1 amide bonds. The largest absolute Gasteiger partial charge is 0.382 e. The first-order valence-electron chi connectivity index (χ1n) is 7.45. The van der Waals surface area contributed by atoms with E-state index in [1.165, 1.54) is 5.01 Å². The van der Waals surface area contributed by atoms with Crippen LogP contribution in [0.1, 0.15) is 12.8 Å². The molecule has 4 nitrogen and oxygen atoms in total. The smallest absolute Gasteiger partial charge is 0.282 e. The molecule has 3 rings (SSSR count). The predicted octanol–water partition coefficient (Wildman–Crippen LogP) is 3.00. The second kappa shape index (κ2) is 6.02. The van der Waals surface area contributed by atoms with Gasteiger partial charge in [-0.15, -0.1) is 11.7 Å². The SMILES string of the molecule is C=CC1C=CC(/C=C2/C(=O)N(c3ccccc3)N=C2N)CC1. The Morgan fingerprint density at radius 3 is 2.50 bits per heavy atom. The molecule has 0 radical (unpaired) electrons.